The van der Waals surface area contributed by atoms with E-state index in [2.05, 4.69) is 20.8 Å². The largest absolute Gasteiger partial charge is 0.347 e. The van der Waals surface area contributed by atoms with E-state index in [9.17, 15) is 0 Å². The van der Waals surface area contributed by atoms with Crippen LogP contribution in [0.25, 0.3) is 0 Å². The van der Waals surface area contributed by atoms with Gasteiger partial charge in [-0.3, -0.25) is 0 Å². The Hall–Kier alpha value is -0.0800. The lowest BCUT2D eigenvalue weighted by Gasteiger charge is -2.36. The van der Waals surface area contributed by atoms with E-state index in [0.29, 0.717) is 18.1 Å². The minimum atomic E-state index is -0.212. The van der Waals surface area contributed by atoms with Gasteiger partial charge in [0.15, 0.2) is 5.79 Å². The van der Waals surface area contributed by atoms with Gasteiger partial charge in [0, 0.05) is 12.8 Å². The quantitative estimate of drug-likeness (QED) is 0.576. The molecule has 0 N–H and O–H groups in total. The molecule has 0 aromatic heterocycles. The summed E-state index contributed by atoms with van der Waals surface area (Å²) in [5, 5.41) is 0. The van der Waals surface area contributed by atoms with Gasteiger partial charge in [0.05, 0.1) is 12.2 Å². The van der Waals surface area contributed by atoms with Crippen LogP contribution >= 0.6 is 0 Å². The summed E-state index contributed by atoms with van der Waals surface area (Å²) < 4.78 is 11.9. The molecule has 0 aromatic carbocycles. The Morgan fingerprint density at radius 3 is 2.46 bits per heavy atom. The highest BCUT2D eigenvalue weighted by Crippen LogP contribution is 2.42. The molecule has 4 atom stereocenters. The number of rotatable bonds is 0. The van der Waals surface area contributed by atoms with Crippen molar-refractivity contribution in [1.82, 2.24) is 0 Å². The molecule has 2 saturated heterocycles. The minimum absolute atomic E-state index is 0.212. The average molecular weight is 184 g/mol. The summed E-state index contributed by atoms with van der Waals surface area (Å²) in [6.45, 7) is 6.56. The van der Waals surface area contributed by atoms with Crippen molar-refractivity contribution in [2.24, 2.45) is 5.92 Å². The number of ether oxygens (including phenoxy) is 2. The summed E-state index contributed by atoms with van der Waals surface area (Å²) in [4.78, 5) is 0. The molecule has 2 aliphatic heterocycles. The van der Waals surface area contributed by atoms with Gasteiger partial charge >= 0.3 is 0 Å². The van der Waals surface area contributed by atoms with Crippen LogP contribution in [0.4, 0.5) is 0 Å². The SMILES string of the molecule is C[C@@H]1CCC[C@]2(C[C@@H](C)[C@H](C)O2)O1. The highest BCUT2D eigenvalue weighted by Gasteiger charge is 2.45. The summed E-state index contributed by atoms with van der Waals surface area (Å²) in [6, 6.07) is 0. The summed E-state index contributed by atoms with van der Waals surface area (Å²) in [6.07, 6.45) is 5.36. The smallest absolute Gasteiger partial charge is 0.169 e. The molecule has 0 unspecified atom stereocenters. The highest BCUT2D eigenvalue weighted by atomic mass is 16.7. The van der Waals surface area contributed by atoms with Crippen LogP contribution in [0.2, 0.25) is 0 Å². The number of hydrogen-bond acceptors (Lipinski definition) is 2. The Morgan fingerprint density at radius 2 is 1.92 bits per heavy atom. The van der Waals surface area contributed by atoms with Crippen molar-refractivity contribution in [3.8, 4) is 0 Å². The second kappa shape index (κ2) is 3.25. The van der Waals surface area contributed by atoms with Crippen molar-refractivity contribution in [1.29, 1.82) is 0 Å². The van der Waals surface area contributed by atoms with E-state index in [4.69, 9.17) is 9.47 Å². The fraction of sp³-hybridized carbons (Fsp3) is 1.00. The molecule has 0 amide bonds. The molecule has 1 spiro atoms. The van der Waals surface area contributed by atoms with Gasteiger partial charge in [-0.15, -0.1) is 0 Å². The molecule has 76 valence electrons. The summed E-state index contributed by atoms with van der Waals surface area (Å²) in [5.41, 5.74) is 0. The topological polar surface area (TPSA) is 18.5 Å². The first-order valence-electron chi connectivity index (χ1n) is 5.47. The minimum Gasteiger partial charge on any atom is -0.347 e. The van der Waals surface area contributed by atoms with E-state index >= 15 is 0 Å². The summed E-state index contributed by atoms with van der Waals surface area (Å²) in [5.74, 6) is 0.432. The fourth-order valence-electron chi connectivity index (χ4n) is 2.54. The van der Waals surface area contributed by atoms with E-state index < -0.39 is 0 Å². The van der Waals surface area contributed by atoms with Crippen LogP contribution in [0.5, 0.6) is 0 Å². The Balaban J connectivity index is 2.04. The first-order chi connectivity index (χ1) is 6.11. The second-order valence-corrected chi connectivity index (χ2v) is 4.74. The van der Waals surface area contributed by atoms with Gasteiger partial charge in [-0.2, -0.15) is 0 Å². The Morgan fingerprint density at radius 1 is 1.15 bits per heavy atom. The van der Waals surface area contributed by atoms with E-state index in [0.717, 1.165) is 12.8 Å². The van der Waals surface area contributed by atoms with E-state index in [1.54, 1.807) is 0 Å². The molecule has 0 aromatic rings. The lowest BCUT2D eigenvalue weighted by atomic mass is 9.94. The number of hydrogen-bond donors (Lipinski definition) is 0. The van der Waals surface area contributed by atoms with Gasteiger partial charge in [0.1, 0.15) is 0 Å². The molecule has 0 radical (unpaired) electrons. The van der Waals surface area contributed by atoms with Crippen molar-refractivity contribution in [3.05, 3.63) is 0 Å². The molecule has 13 heavy (non-hydrogen) atoms. The maximum atomic E-state index is 5.95. The molecule has 2 fully saturated rings. The standard InChI is InChI=1S/C11H20O2/c1-8-7-11(13-10(8)3)6-4-5-9(2)12-11/h8-10H,4-7H2,1-3H3/t8-,9-,10+,11+/m1/s1. The Kier molecular flexibility index (Phi) is 2.37. The zero-order valence-corrected chi connectivity index (χ0v) is 8.88. The molecular formula is C11H20O2. The van der Waals surface area contributed by atoms with Crippen LogP contribution in [-0.2, 0) is 9.47 Å². The predicted molar refractivity (Wildman–Crippen MR) is 51.5 cm³/mol. The van der Waals surface area contributed by atoms with Crippen LogP contribution in [0, 0.1) is 5.92 Å². The predicted octanol–water partition coefficient (Wildman–Crippen LogP) is 2.72. The van der Waals surface area contributed by atoms with Gasteiger partial charge < -0.3 is 9.47 Å². The first-order valence-corrected chi connectivity index (χ1v) is 5.47. The second-order valence-electron chi connectivity index (χ2n) is 4.74. The van der Waals surface area contributed by atoms with Crippen LogP contribution in [0.15, 0.2) is 0 Å². The van der Waals surface area contributed by atoms with Crippen molar-refractivity contribution in [3.63, 3.8) is 0 Å². The molecular weight excluding hydrogens is 164 g/mol. The van der Waals surface area contributed by atoms with Crippen molar-refractivity contribution < 1.29 is 9.47 Å². The lowest BCUT2D eigenvalue weighted by Crippen LogP contribution is -2.39. The van der Waals surface area contributed by atoms with E-state index in [1.807, 2.05) is 0 Å². The third-order valence-electron chi connectivity index (χ3n) is 3.42. The maximum absolute atomic E-state index is 5.95. The van der Waals surface area contributed by atoms with E-state index in [-0.39, 0.29) is 5.79 Å². The molecule has 2 heterocycles. The molecule has 0 aliphatic carbocycles. The van der Waals surface area contributed by atoms with Crippen LogP contribution in [-0.4, -0.2) is 18.0 Å². The van der Waals surface area contributed by atoms with Crippen molar-refractivity contribution in [2.45, 2.75) is 64.4 Å². The van der Waals surface area contributed by atoms with Gasteiger partial charge in [-0.1, -0.05) is 6.92 Å². The lowest BCUT2D eigenvalue weighted by molar-refractivity contribution is -0.264. The molecule has 2 heteroatoms. The normalized spacial score (nSPS) is 51.5. The van der Waals surface area contributed by atoms with Gasteiger partial charge in [0.25, 0.3) is 0 Å². The highest BCUT2D eigenvalue weighted by molar-refractivity contribution is 4.87. The van der Waals surface area contributed by atoms with Crippen molar-refractivity contribution in [2.75, 3.05) is 0 Å². The zero-order chi connectivity index (χ0) is 9.47. The molecule has 2 nitrogen and oxygen atoms in total. The molecule has 0 saturated carbocycles. The van der Waals surface area contributed by atoms with Gasteiger partial charge in [-0.25, -0.2) is 0 Å². The third kappa shape index (κ3) is 1.75. The van der Waals surface area contributed by atoms with Crippen LogP contribution in [0.3, 0.4) is 0 Å². The van der Waals surface area contributed by atoms with Crippen LogP contribution < -0.4 is 0 Å². The van der Waals surface area contributed by atoms with Crippen LogP contribution in [0.1, 0.15) is 46.5 Å². The Bertz CT molecular complexity index is 175. The first kappa shape index (κ1) is 9.47. The average Bonchev–Trinajstić information content (AvgIpc) is 2.26. The van der Waals surface area contributed by atoms with Crippen molar-refractivity contribution >= 4 is 0 Å². The molecule has 2 rings (SSSR count). The summed E-state index contributed by atoms with van der Waals surface area (Å²) >= 11 is 0. The van der Waals surface area contributed by atoms with Gasteiger partial charge in [0.2, 0.25) is 0 Å². The summed E-state index contributed by atoms with van der Waals surface area (Å²) in [7, 11) is 0. The maximum Gasteiger partial charge on any atom is 0.169 e. The Labute approximate surface area is 80.6 Å². The monoisotopic (exact) mass is 184 g/mol. The third-order valence-corrected chi connectivity index (χ3v) is 3.42. The van der Waals surface area contributed by atoms with E-state index in [1.165, 1.54) is 12.8 Å². The molecule has 0 bridgehead atoms. The fourth-order valence-corrected chi connectivity index (χ4v) is 2.54. The molecule has 2 aliphatic rings. The zero-order valence-electron chi connectivity index (χ0n) is 8.88. The van der Waals surface area contributed by atoms with Gasteiger partial charge in [-0.05, 0) is 32.6 Å².